The van der Waals surface area contributed by atoms with Crippen molar-refractivity contribution in [3.63, 3.8) is 0 Å². The van der Waals surface area contributed by atoms with Gasteiger partial charge in [-0.15, -0.1) is 17.5 Å². The third-order valence-electron chi connectivity index (χ3n) is 4.11. The van der Waals surface area contributed by atoms with Crippen LogP contribution in [-0.2, 0) is 0 Å². The highest BCUT2D eigenvalue weighted by Gasteiger charge is 2.29. The molecule has 0 radical (unpaired) electrons. The highest BCUT2D eigenvalue weighted by atomic mass is 35.5. The average Bonchev–Trinajstić information content (AvgIpc) is 3.29. The molecule has 1 fully saturated rings. The van der Waals surface area contributed by atoms with Gasteiger partial charge in [0.2, 0.25) is 0 Å². The van der Waals surface area contributed by atoms with E-state index in [4.69, 9.17) is 5.73 Å². The van der Waals surface area contributed by atoms with Gasteiger partial charge in [-0.25, -0.2) is 4.68 Å². The van der Waals surface area contributed by atoms with Crippen molar-refractivity contribution < 1.29 is 4.79 Å². The van der Waals surface area contributed by atoms with Crippen LogP contribution >= 0.6 is 12.4 Å². The van der Waals surface area contributed by atoms with Crippen molar-refractivity contribution in [1.29, 1.82) is 0 Å². The van der Waals surface area contributed by atoms with Gasteiger partial charge < -0.3 is 11.1 Å². The summed E-state index contributed by atoms with van der Waals surface area (Å²) in [6.45, 7) is 4.36. The first-order valence-electron chi connectivity index (χ1n) is 7.59. The molecule has 23 heavy (non-hydrogen) atoms. The maximum atomic E-state index is 12.2. The van der Waals surface area contributed by atoms with Gasteiger partial charge in [0.15, 0.2) is 5.69 Å². The number of carbonyl (C=O) groups excluding carboxylic acids is 1. The Labute approximate surface area is 141 Å². The second-order valence-corrected chi connectivity index (χ2v) is 5.98. The molecule has 0 saturated heterocycles. The van der Waals surface area contributed by atoms with Crippen molar-refractivity contribution in [3.8, 4) is 5.69 Å². The molecule has 0 bridgehead atoms. The third kappa shape index (κ3) is 3.89. The van der Waals surface area contributed by atoms with Crippen LogP contribution in [0.15, 0.2) is 24.3 Å². The number of nitrogens with zero attached hydrogens (tertiary/aromatic N) is 3. The highest BCUT2D eigenvalue weighted by Crippen LogP contribution is 2.31. The summed E-state index contributed by atoms with van der Waals surface area (Å²) in [7, 11) is 0. The molecule has 1 saturated carbocycles. The number of nitrogens with one attached hydrogen (secondary N) is 1. The number of hydrogen-bond donors (Lipinski definition) is 2. The monoisotopic (exact) mass is 335 g/mol. The fourth-order valence-electron chi connectivity index (χ4n) is 2.46. The molecule has 124 valence electrons. The van der Waals surface area contributed by atoms with Gasteiger partial charge in [0, 0.05) is 12.6 Å². The first-order valence-corrected chi connectivity index (χ1v) is 7.59. The van der Waals surface area contributed by atoms with Gasteiger partial charge in [-0.2, -0.15) is 0 Å². The zero-order chi connectivity index (χ0) is 15.7. The Kier molecular flexibility index (Phi) is 5.38. The topological polar surface area (TPSA) is 85.8 Å². The number of aromatic nitrogens is 3. The summed E-state index contributed by atoms with van der Waals surface area (Å²) in [5.41, 5.74) is 9.14. The van der Waals surface area contributed by atoms with E-state index in [2.05, 4.69) is 15.6 Å². The Bertz CT molecular complexity index is 678. The van der Waals surface area contributed by atoms with Crippen LogP contribution in [0.3, 0.4) is 0 Å². The summed E-state index contributed by atoms with van der Waals surface area (Å²) in [5, 5.41) is 11.0. The minimum atomic E-state index is -0.216. The van der Waals surface area contributed by atoms with E-state index in [1.807, 2.05) is 38.1 Å². The number of carbonyl (C=O) groups is 1. The molecule has 0 spiro atoms. The van der Waals surface area contributed by atoms with Crippen LogP contribution in [0.5, 0.6) is 0 Å². The Morgan fingerprint density at radius 1 is 1.35 bits per heavy atom. The van der Waals surface area contributed by atoms with Gasteiger partial charge in [-0.3, -0.25) is 4.79 Å². The fraction of sp³-hybridized carbons (Fsp3) is 0.438. The van der Waals surface area contributed by atoms with Crippen molar-refractivity contribution in [1.82, 2.24) is 20.3 Å². The van der Waals surface area contributed by atoms with Gasteiger partial charge in [-0.05, 0) is 44.7 Å². The zero-order valence-electron chi connectivity index (χ0n) is 13.3. The molecule has 1 unspecified atom stereocenters. The Hall–Kier alpha value is -1.92. The summed E-state index contributed by atoms with van der Waals surface area (Å²) in [5.74, 6) is 0.344. The van der Waals surface area contributed by atoms with Crippen LogP contribution in [-0.4, -0.2) is 33.5 Å². The summed E-state index contributed by atoms with van der Waals surface area (Å²) in [6.07, 6.45) is 2.33. The standard InChI is InChI=1S/C16H21N5O.ClH/c1-10-3-7-13(8-4-10)21-11(2)15(19-20-21)16(22)18-9-14(17)12-5-6-12;/h3-4,7-8,12,14H,5-6,9,17H2,1-2H3,(H,18,22);1H. The smallest absolute Gasteiger partial charge is 0.273 e. The number of halogens is 1. The number of hydrogen-bond acceptors (Lipinski definition) is 4. The molecule has 1 aliphatic carbocycles. The highest BCUT2D eigenvalue weighted by molar-refractivity contribution is 5.93. The van der Waals surface area contributed by atoms with E-state index in [0.717, 1.165) is 11.4 Å². The number of nitrogens with two attached hydrogens (primary N) is 1. The van der Waals surface area contributed by atoms with Crippen LogP contribution in [0.25, 0.3) is 5.69 Å². The van der Waals surface area contributed by atoms with E-state index < -0.39 is 0 Å². The lowest BCUT2D eigenvalue weighted by Crippen LogP contribution is -2.38. The van der Waals surface area contributed by atoms with Crippen LogP contribution < -0.4 is 11.1 Å². The van der Waals surface area contributed by atoms with E-state index in [1.165, 1.54) is 18.4 Å². The van der Waals surface area contributed by atoms with Gasteiger partial charge in [0.25, 0.3) is 5.91 Å². The molecule has 1 aromatic carbocycles. The second kappa shape index (κ2) is 7.10. The van der Waals surface area contributed by atoms with E-state index in [1.54, 1.807) is 4.68 Å². The molecule has 1 heterocycles. The summed E-state index contributed by atoms with van der Waals surface area (Å²) < 4.78 is 1.68. The van der Waals surface area contributed by atoms with E-state index >= 15 is 0 Å². The predicted octanol–water partition coefficient (Wildman–Crippen LogP) is 1.77. The normalized spacial score (nSPS) is 14.9. The quantitative estimate of drug-likeness (QED) is 0.872. The number of amides is 1. The van der Waals surface area contributed by atoms with Crippen molar-refractivity contribution in [2.24, 2.45) is 11.7 Å². The molecule has 7 heteroatoms. The van der Waals surface area contributed by atoms with Gasteiger partial charge in [0.1, 0.15) is 0 Å². The molecular weight excluding hydrogens is 314 g/mol. The second-order valence-electron chi connectivity index (χ2n) is 5.98. The summed E-state index contributed by atoms with van der Waals surface area (Å²) in [6, 6.07) is 7.97. The lowest BCUT2D eigenvalue weighted by Gasteiger charge is -2.10. The van der Waals surface area contributed by atoms with Gasteiger partial charge in [0.05, 0.1) is 11.4 Å². The Morgan fingerprint density at radius 3 is 2.61 bits per heavy atom. The van der Waals surface area contributed by atoms with E-state index in [9.17, 15) is 4.79 Å². The van der Waals surface area contributed by atoms with Crippen LogP contribution in [0.1, 0.15) is 34.6 Å². The molecule has 1 aliphatic rings. The first-order chi connectivity index (χ1) is 10.6. The minimum absolute atomic E-state index is 0. The molecule has 0 aliphatic heterocycles. The third-order valence-corrected chi connectivity index (χ3v) is 4.11. The molecule has 2 aromatic rings. The van der Waals surface area contributed by atoms with Crippen LogP contribution in [0, 0.1) is 19.8 Å². The summed E-state index contributed by atoms with van der Waals surface area (Å²) >= 11 is 0. The number of benzene rings is 1. The molecule has 1 atom stereocenters. The van der Waals surface area contributed by atoms with Crippen molar-refractivity contribution in [3.05, 3.63) is 41.2 Å². The number of aryl methyl sites for hydroxylation is 1. The van der Waals surface area contributed by atoms with Gasteiger partial charge >= 0.3 is 0 Å². The molecule has 3 N–H and O–H groups in total. The van der Waals surface area contributed by atoms with Crippen molar-refractivity contribution in [2.45, 2.75) is 32.7 Å². The van der Waals surface area contributed by atoms with E-state index in [0.29, 0.717) is 18.2 Å². The zero-order valence-corrected chi connectivity index (χ0v) is 14.1. The molecule has 3 rings (SSSR count). The van der Waals surface area contributed by atoms with Crippen molar-refractivity contribution >= 4 is 18.3 Å². The molecule has 1 amide bonds. The Morgan fingerprint density at radius 2 is 2.00 bits per heavy atom. The molecule has 6 nitrogen and oxygen atoms in total. The van der Waals surface area contributed by atoms with Crippen LogP contribution in [0.2, 0.25) is 0 Å². The minimum Gasteiger partial charge on any atom is -0.349 e. The largest absolute Gasteiger partial charge is 0.349 e. The van der Waals surface area contributed by atoms with Gasteiger partial charge in [-0.1, -0.05) is 22.9 Å². The SMILES string of the molecule is Cc1ccc(-n2nnc(C(=O)NCC(N)C3CC3)c2C)cc1.Cl. The molecular formula is C16H22ClN5O. The maximum Gasteiger partial charge on any atom is 0.273 e. The van der Waals surface area contributed by atoms with Crippen LogP contribution in [0.4, 0.5) is 0 Å². The first kappa shape index (κ1) is 17.4. The predicted molar refractivity (Wildman–Crippen MR) is 91.1 cm³/mol. The fourth-order valence-corrected chi connectivity index (χ4v) is 2.46. The maximum absolute atomic E-state index is 12.2. The van der Waals surface area contributed by atoms with E-state index in [-0.39, 0.29) is 24.4 Å². The Balaban J connectivity index is 0.00000192. The lowest BCUT2D eigenvalue weighted by molar-refractivity contribution is 0.0944. The van der Waals surface area contributed by atoms with Crippen molar-refractivity contribution in [2.75, 3.05) is 6.54 Å². The summed E-state index contributed by atoms with van der Waals surface area (Å²) in [4.78, 5) is 12.2. The molecule has 1 aromatic heterocycles. The number of rotatable bonds is 5. The average molecular weight is 336 g/mol. The lowest BCUT2D eigenvalue weighted by atomic mass is 10.2.